The number of carbonyl (C=O) groups excluding carboxylic acids is 2. The summed E-state index contributed by atoms with van der Waals surface area (Å²) < 4.78 is 15.6. The molecule has 0 bridgehead atoms. The first-order valence-corrected chi connectivity index (χ1v) is 5.38. The summed E-state index contributed by atoms with van der Waals surface area (Å²) in [6.45, 7) is 4.86. The highest BCUT2D eigenvalue weighted by Gasteiger charge is 2.41. The average molecular weight is 228 g/mol. The minimum atomic E-state index is -0.334. The first-order valence-electron chi connectivity index (χ1n) is 5.38. The molecule has 0 spiro atoms. The Balaban J connectivity index is 2.52. The highest BCUT2D eigenvalue weighted by atomic mass is 16.6. The molecule has 90 valence electrons. The second-order valence-corrected chi connectivity index (χ2v) is 4.12. The van der Waals surface area contributed by atoms with Crippen molar-refractivity contribution in [3.63, 3.8) is 0 Å². The molecule has 1 aliphatic rings. The zero-order valence-corrected chi connectivity index (χ0v) is 10.1. The maximum Gasteiger partial charge on any atom is 0.302 e. The lowest BCUT2D eigenvalue weighted by Gasteiger charge is -2.18. The third-order valence-electron chi connectivity index (χ3n) is 2.71. The lowest BCUT2D eigenvalue weighted by molar-refractivity contribution is -0.148. The van der Waals surface area contributed by atoms with Crippen molar-refractivity contribution < 1.29 is 23.8 Å². The van der Waals surface area contributed by atoms with E-state index in [4.69, 9.17) is 14.2 Å². The Bertz CT molecular complexity index is 280. The molecule has 16 heavy (non-hydrogen) atoms. The van der Waals surface area contributed by atoms with E-state index in [1.807, 2.05) is 14.8 Å². The van der Waals surface area contributed by atoms with Crippen molar-refractivity contribution in [2.24, 2.45) is 5.92 Å². The molecule has 5 nitrogen and oxygen atoms in total. The summed E-state index contributed by atoms with van der Waals surface area (Å²) in [5, 5.41) is 0. The van der Waals surface area contributed by atoms with Crippen molar-refractivity contribution in [2.45, 2.75) is 39.0 Å². The second-order valence-electron chi connectivity index (χ2n) is 4.12. The van der Waals surface area contributed by atoms with E-state index in [2.05, 4.69) is 0 Å². The van der Waals surface area contributed by atoms with Crippen molar-refractivity contribution in [3.8, 4) is 0 Å². The molecule has 1 saturated heterocycles. The van der Waals surface area contributed by atoms with Crippen LogP contribution in [0.1, 0.15) is 20.8 Å². The lowest BCUT2D eigenvalue weighted by Crippen LogP contribution is -2.31. The van der Waals surface area contributed by atoms with Crippen LogP contribution in [0.15, 0.2) is 0 Å². The minimum absolute atomic E-state index is 0.0262. The van der Waals surface area contributed by atoms with Gasteiger partial charge in [-0.3, -0.25) is 9.59 Å². The molecule has 0 aromatic rings. The van der Waals surface area contributed by atoms with E-state index < -0.39 is 0 Å². The Labute approximate surface area is 95.8 Å². The summed E-state index contributed by atoms with van der Waals surface area (Å²) in [5.74, 6) is -0.627. The number of carbonyl (C=O) groups is 2. The van der Waals surface area contributed by atoms with Gasteiger partial charge >= 0.3 is 11.9 Å². The van der Waals surface area contributed by atoms with Gasteiger partial charge in [0.05, 0.1) is 12.1 Å². The molecule has 0 aliphatic carbocycles. The van der Waals surface area contributed by atoms with E-state index in [0.29, 0.717) is 0 Å². The molecule has 0 saturated carbocycles. The summed E-state index contributed by atoms with van der Waals surface area (Å²) >= 11 is 0. The number of rotatable bonds is 3. The Kier molecular flexibility index (Phi) is 4.35. The van der Waals surface area contributed by atoms with Crippen LogP contribution in [-0.4, -0.2) is 44.6 Å². The van der Waals surface area contributed by atoms with Gasteiger partial charge in [-0.1, -0.05) is 6.92 Å². The molecule has 0 N–H and O–H groups in total. The van der Waals surface area contributed by atoms with Crippen LogP contribution in [0.5, 0.6) is 0 Å². The van der Waals surface area contributed by atoms with Crippen molar-refractivity contribution in [1.82, 2.24) is 0 Å². The normalized spacial score (nSPS) is 33.4. The van der Waals surface area contributed by atoms with E-state index >= 15 is 0 Å². The molecular weight excluding hydrogens is 211 g/mol. The fraction of sp³-hybridized carbons (Fsp3) is 0.800. The quantitative estimate of drug-likeness (QED) is 0.480. The summed E-state index contributed by atoms with van der Waals surface area (Å²) in [6, 6.07) is -0.167. The Morgan fingerprint density at radius 2 is 1.94 bits per heavy atom. The van der Waals surface area contributed by atoms with Crippen LogP contribution in [0.25, 0.3) is 0 Å². The van der Waals surface area contributed by atoms with Crippen molar-refractivity contribution in [3.05, 3.63) is 0 Å². The maximum absolute atomic E-state index is 10.9. The molecule has 0 radical (unpaired) electrons. The first-order chi connectivity index (χ1) is 7.41. The fourth-order valence-electron chi connectivity index (χ4n) is 1.90. The first kappa shape index (κ1) is 13.0. The average Bonchev–Trinajstić information content (AvgIpc) is 2.42. The minimum Gasteiger partial charge on any atom is -0.463 e. The Morgan fingerprint density at radius 1 is 1.31 bits per heavy atom. The van der Waals surface area contributed by atoms with Crippen LogP contribution in [0, 0.1) is 5.92 Å². The van der Waals surface area contributed by atoms with Crippen molar-refractivity contribution in [2.75, 3.05) is 6.61 Å². The van der Waals surface area contributed by atoms with E-state index in [1.54, 1.807) is 0 Å². The van der Waals surface area contributed by atoms with Gasteiger partial charge in [0, 0.05) is 19.8 Å². The molecule has 1 heterocycles. The highest BCUT2D eigenvalue weighted by molar-refractivity contribution is 6.11. The van der Waals surface area contributed by atoms with E-state index in [0.717, 1.165) is 0 Å². The monoisotopic (exact) mass is 228 g/mol. The molecule has 0 amide bonds. The molecule has 0 unspecified atom stereocenters. The van der Waals surface area contributed by atoms with Gasteiger partial charge in [0.1, 0.15) is 20.6 Å². The summed E-state index contributed by atoms with van der Waals surface area (Å²) in [7, 11) is 1.85. The van der Waals surface area contributed by atoms with Crippen LogP contribution in [-0.2, 0) is 23.8 Å². The molecule has 6 heteroatoms. The van der Waals surface area contributed by atoms with Crippen LogP contribution in [0.4, 0.5) is 0 Å². The van der Waals surface area contributed by atoms with Crippen LogP contribution >= 0.6 is 0 Å². The molecule has 0 aromatic carbocycles. The van der Waals surface area contributed by atoms with Gasteiger partial charge in [-0.15, -0.1) is 0 Å². The number of hydrogen-bond acceptors (Lipinski definition) is 5. The largest absolute Gasteiger partial charge is 0.463 e. The molecular formula is C10H17BO5. The fourth-order valence-corrected chi connectivity index (χ4v) is 1.90. The SMILES string of the molecule is B[C@@H]1O[C@H](COC(C)=O)[C@@H](C)[C@H]1OC(C)=O. The zero-order chi connectivity index (χ0) is 12.3. The van der Waals surface area contributed by atoms with Crippen LogP contribution in [0.3, 0.4) is 0 Å². The predicted octanol–water partition coefficient (Wildman–Crippen LogP) is -0.525. The summed E-state index contributed by atoms with van der Waals surface area (Å²) in [6.07, 6.45) is -0.471. The van der Waals surface area contributed by atoms with E-state index in [1.165, 1.54) is 13.8 Å². The van der Waals surface area contributed by atoms with Gasteiger partial charge in [0.2, 0.25) is 0 Å². The number of hydrogen-bond donors (Lipinski definition) is 0. The summed E-state index contributed by atoms with van der Waals surface area (Å²) in [4.78, 5) is 21.6. The highest BCUT2D eigenvalue weighted by Crippen LogP contribution is 2.28. The smallest absolute Gasteiger partial charge is 0.302 e. The van der Waals surface area contributed by atoms with Crippen molar-refractivity contribution >= 4 is 19.8 Å². The van der Waals surface area contributed by atoms with Gasteiger partial charge in [-0.25, -0.2) is 0 Å². The van der Waals surface area contributed by atoms with Gasteiger partial charge < -0.3 is 14.2 Å². The molecule has 1 rings (SSSR count). The van der Waals surface area contributed by atoms with Gasteiger partial charge in [0.15, 0.2) is 0 Å². The Morgan fingerprint density at radius 3 is 2.44 bits per heavy atom. The predicted molar refractivity (Wildman–Crippen MR) is 58.6 cm³/mol. The van der Waals surface area contributed by atoms with Crippen LogP contribution in [0.2, 0.25) is 0 Å². The third kappa shape index (κ3) is 3.23. The second kappa shape index (κ2) is 5.34. The molecule has 1 aliphatic heterocycles. The molecule has 0 aromatic heterocycles. The topological polar surface area (TPSA) is 61.8 Å². The van der Waals surface area contributed by atoms with Crippen LogP contribution < -0.4 is 0 Å². The van der Waals surface area contributed by atoms with Gasteiger partial charge in [-0.2, -0.15) is 0 Å². The standard InChI is InChI=1S/C10H17BO5/c1-5-8(4-14-6(2)12)16-10(11)9(5)15-7(3)13/h5,8-10H,4,11H2,1-3H3/t5-,8-,9-,10-/m1/s1. The number of ether oxygens (including phenoxy) is 3. The molecule has 1 fully saturated rings. The lowest BCUT2D eigenvalue weighted by atomic mass is 9.88. The van der Waals surface area contributed by atoms with Crippen molar-refractivity contribution in [1.29, 1.82) is 0 Å². The number of esters is 2. The van der Waals surface area contributed by atoms with Gasteiger partial charge in [0.25, 0.3) is 0 Å². The van der Waals surface area contributed by atoms with E-state index in [-0.39, 0.29) is 42.7 Å². The van der Waals surface area contributed by atoms with E-state index in [9.17, 15) is 9.59 Å². The molecule has 4 atom stereocenters. The zero-order valence-electron chi connectivity index (χ0n) is 10.1. The summed E-state index contributed by atoms with van der Waals surface area (Å²) in [5.41, 5.74) is 0. The third-order valence-corrected chi connectivity index (χ3v) is 2.71. The van der Waals surface area contributed by atoms with Gasteiger partial charge in [-0.05, 0) is 0 Å². The Hall–Kier alpha value is -1.04. The maximum atomic E-state index is 10.9.